The first-order valence-electron chi connectivity index (χ1n) is 9.55. The molecule has 0 aliphatic heterocycles. The van der Waals surface area contributed by atoms with Crippen LogP contribution in [0.3, 0.4) is 0 Å². The predicted octanol–water partition coefficient (Wildman–Crippen LogP) is 3.83. The molecule has 1 atom stereocenters. The second-order valence-corrected chi connectivity index (χ2v) is 9.17. The minimum absolute atomic E-state index is 0. The van der Waals surface area contributed by atoms with Crippen molar-refractivity contribution in [3.05, 3.63) is 71.6 Å². The van der Waals surface area contributed by atoms with E-state index in [1.54, 1.807) is 0 Å². The van der Waals surface area contributed by atoms with Crippen molar-refractivity contribution in [2.75, 3.05) is 17.1 Å². The van der Waals surface area contributed by atoms with Gasteiger partial charge < -0.3 is 12.0 Å². The molecule has 0 heterocycles. The fourth-order valence-electron chi connectivity index (χ4n) is 3.84. The number of hydrogen-bond donors (Lipinski definition) is 1. The smallest absolute Gasteiger partial charge is 0.232 e. The van der Waals surface area contributed by atoms with Crippen molar-refractivity contribution in [2.24, 2.45) is 0 Å². The van der Waals surface area contributed by atoms with Crippen molar-refractivity contribution in [1.29, 1.82) is 0 Å². The molecule has 1 aliphatic carbocycles. The van der Waals surface area contributed by atoms with E-state index >= 15 is 0 Å². The first-order valence-corrected chi connectivity index (χ1v) is 11.4. The van der Waals surface area contributed by atoms with E-state index in [1.807, 2.05) is 36.4 Å². The van der Waals surface area contributed by atoms with Crippen molar-refractivity contribution < 1.29 is 46.2 Å². The van der Waals surface area contributed by atoms with Crippen LogP contribution in [0, 0.1) is 6.92 Å². The number of aliphatic hydroxyl groups is 1. The van der Waals surface area contributed by atoms with E-state index < -0.39 is 16.1 Å². The molecule has 1 unspecified atom stereocenters. The van der Waals surface area contributed by atoms with Gasteiger partial charge in [-0.15, -0.1) is 0 Å². The molecule has 2 aromatic carbocycles. The van der Waals surface area contributed by atoms with Crippen LogP contribution < -0.4 is 4.31 Å². The molecule has 1 aliphatic rings. The summed E-state index contributed by atoms with van der Waals surface area (Å²) in [6.45, 7) is 4.29. The van der Waals surface area contributed by atoms with Crippen molar-refractivity contribution in [2.45, 2.75) is 44.6 Å². The van der Waals surface area contributed by atoms with Gasteiger partial charge in [-0.05, 0) is 48.4 Å². The molecule has 0 bridgehead atoms. The Morgan fingerprint density at radius 1 is 1.14 bits per heavy atom. The van der Waals surface area contributed by atoms with Crippen LogP contribution in [0.1, 0.15) is 47.6 Å². The Morgan fingerprint density at radius 2 is 1.86 bits per heavy atom. The molecule has 1 N–H and O–H groups in total. The normalized spacial score (nSPS) is 16.6. The summed E-state index contributed by atoms with van der Waals surface area (Å²) in [5.74, 6) is 0. The van der Waals surface area contributed by atoms with Crippen molar-refractivity contribution in [3.8, 4) is 0 Å². The van der Waals surface area contributed by atoms with Gasteiger partial charge in [0.15, 0.2) is 0 Å². The van der Waals surface area contributed by atoms with E-state index in [-0.39, 0.29) is 32.7 Å². The van der Waals surface area contributed by atoms with Gasteiger partial charge in [-0.1, -0.05) is 48.4 Å². The standard InChI is InChI=1S/C22H28NO3S.Y/c1-3-17-8-6-9-18(16-17)14-15-23(27(2,25)26)21-12-7-11-20-19(21)10-4-5-13-22(20)24;/h6-9,11-12,16,22,24H,1,3-5,10,13-15H2,2H3;/q-1;. The molecule has 1 radical (unpaired) electrons. The zero-order chi connectivity index (χ0) is 19.4. The Morgan fingerprint density at radius 3 is 2.57 bits per heavy atom. The average Bonchev–Trinajstić information content (AvgIpc) is 2.83. The Kier molecular flexibility index (Phi) is 8.68. The van der Waals surface area contributed by atoms with Gasteiger partial charge in [0.1, 0.15) is 0 Å². The summed E-state index contributed by atoms with van der Waals surface area (Å²) in [4.78, 5) is 0. The van der Waals surface area contributed by atoms with E-state index in [1.165, 1.54) is 10.6 Å². The summed E-state index contributed by atoms with van der Waals surface area (Å²) >= 11 is 0. The third-order valence-electron chi connectivity index (χ3n) is 5.25. The number of aliphatic hydroxyl groups excluding tert-OH is 1. The second kappa shape index (κ2) is 10.3. The minimum atomic E-state index is -3.43. The van der Waals surface area contributed by atoms with E-state index in [4.69, 9.17) is 0 Å². The maximum atomic E-state index is 12.6. The zero-order valence-corrected chi connectivity index (χ0v) is 20.1. The molecule has 4 nitrogen and oxygen atoms in total. The number of nitrogens with zero attached hydrogens (tertiary/aromatic N) is 1. The third-order valence-corrected chi connectivity index (χ3v) is 6.43. The number of fused-ring (bicyclic) bond motifs is 1. The Labute approximate surface area is 194 Å². The molecule has 0 aromatic heterocycles. The Balaban J connectivity index is 0.00000280. The summed E-state index contributed by atoms with van der Waals surface area (Å²) in [5, 5.41) is 10.4. The molecule has 28 heavy (non-hydrogen) atoms. The fourth-order valence-corrected chi connectivity index (χ4v) is 4.79. The molecule has 0 fully saturated rings. The van der Waals surface area contributed by atoms with Crippen LogP contribution in [-0.4, -0.2) is 26.3 Å². The number of anilines is 1. The van der Waals surface area contributed by atoms with Crippen LogP contribution >= 0.6 is 0 Å². The summed E-state index contributed by atoms with van der Waals surface area (Å²) in [6.07, 6.45) is 5.53. The summed E-state index contributed by atoms with van der Waals surface area (Å²) < 4.78 is 26.7. The van der Waals surface area contributed by atoms with Crippen LogP contribution in [0.15, 0.2) is 42.5 Å². The predicted molar refractivity (Wildman–Crippen MR) is 110 cm³/mol. The van der Waals surface area contributed by atoms with Gasteiger partial charge in [-0.25, -0.2) is 8.42 Å². The molecular weight excluding hydrogens is 447 g/mol. The maximum absolute atomic E-state index is 12.6. The molecule has 2 aromatic rings. The molecule has 0 saturated heterocycles. The molecule has 0 amide bonds. The van der Waals surface area contributed by atoms with Crippen molar-refractivity contribution in [1.82, 2.24) is 0 Å². The molecule has 3 rings (SSSR count). The molecule has 6 heteroatoms. The van der Waals surface area contributed by atoms with E-state index in [9.17, 15) is 13.5 Å². The average molecular weight is 475 g/mol. The van der Waals surface area contributed by atoms with Gasteiger partial charge in [0.2, 0.25) is 10.0 Å². The largest absolute Gasteiger partial charge is 0.388 e. The van der Waals surface area contributed by atoms with Gasteiger partial charge in [0.05, 0.1) is 18.0 Å². The molecule has 149 valence electrons. The summed E-state index contributed by atoms with van der Waals surface area (Å²) in [6, 6.07) is 13.8. The summed E-state index contributed by atoms with van der Waals surface area (Å²) in [5.41, 5.74) is 4.81. The SMILES string of the molecule is [CH2-]Cc1cccc(CCN(c2cccc3c2CCCCC3O)S(C)(=O)=O)c1.[Y]. The van der Waals surface area contributed by atoms with Gasteiger partial charge in [0.25, 0.3) is 0 Å². The minimum Gasteiger partial charge on any atom is -0.388 e. The van der Waals surface area contributed by atoms with Crippen LogP contribution in [0.4, 0.5) is 5.69 Å². The second-order valence-electron chi connectivity index (χ2n) is 7.26. The fraction of sp³-hybridized carbons (Fsp3) is 0.409. The van der Waals surface area contributed by atoms with Crippen LogP contribution in [0.2, 0.25) is 0 Å². The number of benzene rings is 2. The first kappa shape index (κ1) is 23.5. The van der Waals surface area contributed by atoms with E-state index in [2.05, 4.69) is 13.0 Å². The van der Waals surface area contributed by atoms with Crippen molar-refractivity contribution in [3.63, 3.8) is 0 Å². The monoisotopic (exact) mass is 475 g/mol. The number of rotatable bonds is 6. The van der Waals surface area contributed by atoms with Crippen LogP contribution in [-0.2, 0) is 62.0 Å². The third kappa shape index (κ3) is 5.66. The van der Waals surface area contributed by atoms with Crippen molar-refractivity contribution >= 4 is 15.7 Å². The van der Waals surface area contributed by atoms with Crippen LogP contribution in [0.25, 0.3) is 0 Å². The van der Waals surface area contributed by atoms with Crippen LogP contribution in [0.5, 0.6) is 0 Å². The summed E-state index contributed by atoms with van der Waals surface area (Å²) in [7, 11) is -3.43. The van der Waals surface area contributed by atoms with E-state index in [0.29, 0.717) is 25.1 Å². The maximum Gasteiger partial charge on any atom is 0.232 e. The Bertz CT molecular complexity index is 898. The quantitative estimate of drug-likeness (QED) is 0.511. The molecule has 0 saturated carbocycles. The number of sulfonamides is 1. The first-order chi connectivity index (χ1) is 12.9. The molecule has 0 spiro atoms. The van der Waals surface area contributed by atoms with Gasteiger partial charge in [-0.3, -0.25) is 4.31 Å². The Hall–Kier alpha value is -0.746. The molecular formula is C22H28NO3SY-. The van der Waals surface area contributed by atoms with Gasteiger partial charge in [-0.2, -0.15) is 6.42 Å². The topological polar surface area (TPSA) is 57.6 Å². The zero-order valence-electron chi connectivity index (χ0n) is 16.5. The van der Waals surface area contributed by atoms with Gasteiger partial charge >= 0.3 is 0 Å². The van der Waals surface area contributed by atoms with E-state index in [0.717, 1.165) is 47.9 Å². The van der Waals surface area contributed by atoms with Gasteiger partial charge in [0, 0.05) is 39.3 Å². The number of hydrogen-bond acceptors (Lipinski definition) is 3.